The van der Waals surface area contributed by atoms with Crippen molar-refractivity contribution in [3.63, 3.8) is 0 Å². The van der Waals surface area contributed by atoms with Gasteiger partial charge in [0.1, 0.15) is 0 Å². The zero-order chi connectivity index (χ0) is 20.4. The number of hydrogen-bond donors (Lipinski definition) is 1. The molecule has 8 heteroatoms. The number of thiazole rings is 1. The number of aliphatic imine (C=N–C) groups is 1. The van der Waals surface area contributed by atoms with Crippen LogP contribution < -0.4 is 14.8 Å². The molecule has 0 amide bonds. The molecule has 2 aromatic rings. The number of aryl methyl sites for hydroxylation is 2. The number of nitrogens with one attached hydrogen (secondary N) is 1. The van der Waals surface area contributed by atoms with E-state index in [0.29, 0.717) is 0 Å². The second-order valence-corrected chi connectivity index (χ2v) is 7.62. The number of likely N-dealkylation sites (N-methyl/N-ethyl adjacent to an activating group) is 1. The molecule has 6 nitrogen and oxygen atoms in total. The number of unbranched alkanes of at least 4 members (excludes halogenated alkanes) is 1. The largest absolute Gasteiger partial charge is 0.493 e. The molecule has 0 unspecified atom stereocenters. The third-order valence-electron chi connectivity index (χ3n) is 4.52. The highest BCUT2D eigenvalue weighted by molar-refractivity contribution is 14.0. The molecule has 0 radical (unpaired) electrons. The van der Waals surface area contributed by atoms with Crippen LogP contribution in [0.3, 0.4) is 0 Å². The van der Waals surface area contributed by atoms with E-state index in [1.165, 1.54) is 10.6 Å². The van der Waals surface area contributed by atoms with Crippen LogP contribution in [0.15, 0.2) is 28.6 Å². The topological polar surface area (TPSA) is 59.0 Å². The number of halogens is 1. The molecule has 1 aromatic carbocycles. The minimum atomic E-state index is 0. The van der Waals surface area contributed by atoms with E-state index in [9.17, 15) is 0 Å². The van der Waals surface area contributed by atoms with Gasteiger partial charge in [0, 0.05) is 38.3 Å². The van der Waals surface area contributed by atoms with Crippen LogP contribution in [0.25, 0.3) is 0 Å². The van der Waals surface area contributed by atoms with Crippen LogP contribution in [-0.2, 0) is 12.8 Å². The van der Waals surface area contributed by atoms with Crippen LogP contribution in [0, 0.1) is 6.92 Å². The first-order chi connectivity index (χ1) is 13.6. The van der Waals surface area contributed by atoms with Gasteiger partial charge in [-0.3, -0.25) is 4.99 Å². The van der Waals surface area contributed by atoms with E-state index >= 15 is 0 Å². The lowest BCUT2D eigenvalue weighted by atomic mass is 10.1. The standard InChI is InChI=1S/C21H32N4O2S.HI/c1-16-15-28-20(24-16)8-6-7-12-23-21(22-2)25(3)13-11-17-9-10-18(26-4)19(14-17)27-5;/h9-10,14-15H,6-8,11-13H2,1-5H3,(H,22,23);1H. The summed E-state index contributed by atoms with van der Waals surface area (Å²) in [5, 5.41) is 6.80. The highest BCUT2D eigenvalue weighted by atomic mass is 127. The number of aromatic nitrogens is 1. The molecular weight excluding hydrogens is 499 g/mol. The van der Waals surface area contributed by atoms with Gasteiger partial charge in [0.05, 0.1) is 19.2 Å². The SMILES string of the molecule is CN=C(NCCCCc1nc(C)cs1)N(C)CCc1ccc(OC)c(OC)c1.I. The maximum absolute atomic E-state index is 5.38. The number of nitrogens with zero attached hydrogens (tertiary/aromatic N) is 3. The third kappa shape index (κ3) is 8.38. The minimum Gasteiger partial charge on any atom is -0.493 e. The molecule has 1 N–H and O–H groups in total. The molecule has 162 valence electrons. The van der Waals surface area contributed by atoms with Crippen LogP contribution in [0.4, 0.5) is 0 Å². The second-order valence-electron chi connectivity index (χ2n) is 6.67. The smallest absolute Gasteiger partial charge is 0.193 e. The average molecular weight is 532 g/mol. The molecule has 0 aliphatic rings. The van der Waals surface area contributed by atoms with E-state index < -0.39 is 0 Å². The summed E-state index contributed by atoms with van der Waals surface area (Å²) in [4.78, 5) is 11.1. The number of methoxy groups -OCH3 is 2. The Morgan fingerprint density at radius 1 is 1.17 bits per heavy atom. The average Bonchev–Trinajstić information content (AvgIpc) is 3.13. The van der Waals surface area contributed by atoms with Crippen LogP contribution in [-0.4, -0.2) is 57.2 Å². The molecule has 0 aliphatic carbocycles. The summed E-state index contributed by atoms with van der Waals surface area (Å²) in [7, 11) is 7.20. The minimum absolute atomic E-state index is 0. The van der Waals surface area contributed by atoms with E-state index in [4.69, 9.17) is 9.47 Å². The van der Waals surface area contributed by atoms with Crippen LogP contribution >= 0.6 is 35.3 Å². The molecule has 0 saturated carbocycles. The Morgan fingerprint density at radius 3 is 2.55 bits per heavy atom. The Hall–Kier alpha value is -1.55. The molecule has 0 aliphatic heterocycles. The first-order valence-electron chi connectivity index (χ1n) is 9.61. The first kappa shape index (κ1) is 25.5. The van der Waals surface area contributed by atoms with E-state index in [2.05, 4.69) is 38.7 Å². The monoisotopic (exact) mass is 532 g/mol. The normalized spacial score (nSPS) is 11.0. The number of benzene rings is 1. The molecular formula is C21H33IN4O2S. The fourth-order valence-corrected chi connectivity index (χ4v) is 3.76. The van der Waals surface area contributed by atoms with Gasteiger partial charge >= 0.3 is 0 Å². The predicted molar refractivity (Wildman–Crippen MR) is 132 cm³/mol. The van der Waals surface area contributed by atoms with Gasteiger partial charge < -0.3 is 19.7 Å². The molecule has 0 fully saturated rings. The van der Waals surface area contributed by atoms with Gasteiger partial charge in [-0.2, -0.15) is 0 Å². The summed E-state index contributed by atoms with van der Waals surface area (Å²) in [5.41, 5.74) is 2.33. The number of ether oxygens (including phenoxy) is 2. The Labute approximate surface area is 195 Å². The van der Waals surface area contributed by atoms with E-state index in [1.807, 2.05) is 26.1 Å². The summed E-state index contributed by atoms with van der Waals surface area (Å²) in [6, 6.07) is 6.06. The Kier molecular flexibility index (Phi) is 12.0. The fourth-order valence-electron chi connectivity index (χ4n) is 2.94. The van der Waals surface area contributed by atoms with E-state index in [1.54, 1.807) is 25.6 Å². The summed E-state index contributed by atoms with van der Waals surface area (Å²) in [6.07, 6.45) is 4.18. The highest BCUT2D eigenvalue weighted by Gasteiger charge is 2.08. The zero-order valence-corrected chi connectivity index (χ0v) is 21.2. The maximum atomic E-state index is 5.38. The lowest BCUT2D eigenvalue weighted by Crippen LogP contribution is -2.40. The first-order valence-corrected chi connectivity index (χ1v) is 10.5. The van der Waals surface area contributed by atoms with Gasteiger partial charge in [-0.25, -0.2) is 4.98 Å². The number of rotatable bonds is 10. The van der Waals surface area contributed by atoms with Crippen molar-refractivity contribution in [3.8, 4) is 11.5 Å². The Balaban J connectivity index is 0.00000420. The van der Waals surface area contributed by atoms with Crippen molar-refractivity contribution in [2.24, 2.45) is 4.99 Å². The number of hydrogen-bond acceptors (Lipinski definition) is 5. The van der Waals surface area contributed by atoms with Gasteiger partial charge in [0.15, 0.2) is 17.5 Å². The van der Waals surface area contributed by atoms with Crippen molar-refractivity contribution in [2.75, 3.05) is 41.4 Å². The van der Waals surface area contributed by atoms with Crippen molar-refractivity contribution < 1.29 is 9.47 Å². The molecule has 29 heavy (non-hydrogen) atoms. The van der Waals surface area contributed by atoms with Crippen molar-refractivity contribution >= 4 is 41.3 Å². The van der Waals surface area contributed by atoms with Crippen molar-refractivity contribution in [2.45, 2.75) is 32.6 Å². The molecule has 0 spiro atoms. The van der Waals surface area contributed by atoms with E-state index in [0.717, 1.165) is 61.9 Å². The number of guanidine groups is 1. The van der Waals surface area contributed by atoms with Crippen LogP contribution in [0.5, 0.6) is 11.5 Å². The van der Waals surface area contributed by atoms with E-state index in [-0.39, 0.29) is 24.0 Å². The maximum Gasteiger partial charge on any atom is 0.193 e. The summed E-state index contributed by atoms with van der Waals surface area (Å²) >= 11 is 1.75. The van der Waals surface area contributed by atoms with Crippen molar-refractivity contribution in [1.29, 1.82) is 0 Å². The highest BCUT2D eigenvalue weighted by Crippen LogP contribution is 2.27. The Bertz CT molecular complexity index is 767. The van der Waals surface area contributed by atoms with Gasteiger partial charge in [0.2, 0.25) is 0 Å². The summed E-state index contributed by atoms with van der Waals surface area (Å²) in [6.45, 7) is 3.83. The molecule has 1 aromatic heterocycles. The van der Waals surface area contributed by atoms with Gasteiger partial charge in [-0.05, 0) is 50.3 Å². The van der Waals surface area contributed by atoms with Gasteiger partial charge in [-0.1, -0.05) is 6.07 Å². The molecule has 0 atom stereocenters. The molecule has 0 bridgehead atoms. The lowest BCUT2D eigenvalue weighted by molar-refractivity contribution is 0.354. The van der Waals surface area contributed by atoms with Crippen molar-refractivity contribution in [1.82, 2.24) is 15.2 Å². The van der Waals surface area contributed by atoms with Gasteiger partial charge in [0.25, 0.3) is 0 Å². The van der Waals surface area contributed by atoms with Gasteiger partial charge in [-0.15, -0.1) is 35.3 Å². The second kappa shape index (κ2) is 13.6. The Morgan fingerprint density at radius 2 is 1.93 bits per heavy atom. The fraction of sp³-hybridized carbons (Fsp3) is 0.524. The predicted octanol–water partition coefficient (Wildman–Crippen LogP) is 4.16. The third-order valence-corrected chi connectivity index (χ3v) is 5.55. The molecule has 2 rings (SSSR count). The lowest BCUT2D eigenvalue weighted by Gasteiger charge is -2.22. The quantitative estimate of drug-likeness (QED) is 0.216. The zero-order valence-electron chi connectivity index (χ0n) is 18.0. The molecule has 1 heterocycles. The summed E-state index contributed by atoms with van der Waals surface area (Å²) in [5.74, 6) is 2.44. The summed E-state index contributed by atoms with van der Waals surface area (Å²) < 4.78 is 10.7. The molecule has 0 saturated heterocycles. The van der Waals surface area contributed by atoms with Crippen molar-refractivity contribution in [3.05, 3.63) is 39.8 Å². The van der Waals surface area contributed by atoms with Crippen LogP contribution in [0.2, 0.25) is 0 Å². The van der Waals surface area contributed by atoms with Crippen LogP contribution in [0.1, 0.15) is 29.1 Å².